The zero-order valence-corrected chi connectivity index (χ0v) is 13.0. The topological polar surface area (TPSA) is 50.7 Å². The van der Waals surface area contributed by atoms with Gasteiger partial charge in [-0.1, -0.05) is 18.2 Å². The van der Waals surface area contributed by atoms with Gasteiger partial charge in [-0.15, -0.1) is 0 Å². The Morgan fingerprint density at radius 3 is 2.58 bits per heavy atom. The number of aliphatic hydroxyl groups is 1. The van der Waals surface area contributed by atoms with E-state index in [1.165, 1.54) is 37.4 Å². The Bertz CT molecular complexity index is 667. The van der Waals surface area contributed by atoms with Gasteiger partial charge < -0.3 is 19.9 Å². The van der Waals surface area contributed by atoms with Crippen LogP contribution in [0, 0.1) is 5.82 Å². The van der Waals surface area contributed by atoms with Crippen molar-refractivity contribution < 1.29 is 27.8 Å². The second kappa shape index (κ2) is 8.56. The first-order valence-corrected chi connectivity index (χ1v) is 7.26. The molecule has 24 heavy (non-hydrogen) atoms. The van der Waals surface area contributed by atoms with Gasteiger partial charge in [-0.3, -0.25) is 0 Å². The molecular formula is C17H18F3NO3. The first-order valence-electron chi connectivity index (χ1n) is 7.26. The molecule has 0 aliphatic heterocycles. The van der Waals surface area contributed by atoms with Crippen molar-refractivity contribution in [2.24, 2.45) is 0 Å². The van der Waals surface area contributed by atoms with E-state index in [0.29, 0.717) is 11.3 Å². The summed E-state index contributed by atoms with van der Waals surface area (Å²) in [4.78, 5) is 0. The van der Waals surface area contributed by atoms with Crippen LogP contribution in [-0.2, 0) is 6.54 Å². The van der Waals surface area contributed by atoms with Crippen LogP contribution < -0.4 is 14.8 Å². The third-order valence-electron chi connectivity index (χ3n) is 3.40. The molecule has 0 radical (unpaired) electrons. The molecule has 2 aromatic rings. The molecule has 4 nitrogen and oxygen atoms in total. The molecule has 0 heterocycles. The molecule has 130 valence electrons. The zero-order chi connectivity index (χ0) is 17.5. The van der Waals surface area contributed by atoms with E-state index in [-0.39, 0.29) is 24.4 Å². The molecule has 2 N–H and O–H groups in total. The fraction of sp³-hybridized carbons (Fsp3) is 0.294. The molecule has 0 aromatic heterocycles. The van der Waals surface area contributed by atoms with E-state index in [0.717, 1.165) is 0 Å². The van der Waals surface area contributed by atoms with Crippen LogP contribution in [0.15, 0.2) is 42.5 Å². The predicted molar refractivity (Wildman–Crippen MR) is 82.7 cm³/mol. The van der Waals surface area contributed by atoms with E-state index in [1.54, 1.807) is 12.1 Å². The van der Waals surface area contributed by atoms with Gasteiger partial charge in [-0.2, -0.15) is 8.78 Å². The molecule has 0 fully saturated rings. The van der Waals surface area contributed by atoms with Crippen molar-refractivity contribution in [3.63, 3.8) is 0 Å². The van der Waals surface area contributed by atoms with Gasteiger partial charge in [-0.05, 0) is 24.3 Å². The molecule has 7 heteroatoms. The van der Waals surface area contributed by atoms with Gasteiger partial charge in [0, 0.05) is 24.2 Å². The number of aliphatic hydroxyl groups excluding tert-OH is 1. The highest BCUT2D eigenvalue weighted by Gasteiger charge is 2.14. The number of benzene rings is 2. The largest absolute Gasteiger partial charge is 0.497 e. The van der Waals surface area contributed by atoms with Gasteiger partial charge in [-0.25, -0.2) is 4.39 Å². The van der Waals surface area contributed by atoms with Crippen LogP contribution in [0.1, 0.15) is 17.2 Å². The molecule has 0 aliphatic rings. The quantitative estimate of drug-likeness (QED) is 0.774. The first kappa shape index (κ1) is 18.1. The summed E-state index contributed by atoms with van der Waals surface area (Å²) in [6.45, 7) is -2.75. The van der Waals surface area contributed by atoms with Crippen LogP contribution in [0.4, 0.5) is 13.2 Å². The Morgan fingerprint density at radius 1 is 1.17 bits per heavy atom. The van der Waals surface area contributed by atoms with Crippen LogP contribution in [0.25, 0.3) is 0 Å². The second-order valence-corrected chi connectivity index (χ2v) is 5.02. The van der Waals surface area contributed by atoms with Crippen molar-refractivity contribution in [3.8, 4) is 11.5 Å². The fourth-order valence-electron chi connectivity index (χ4n) is 2.23. The molecule has 2 rings (SSSR count). The Morgan fingerprint density at radius 2 is 1.92 bits per heavy atom. The minimum absolute atomic E-state index is 0.0127. The minimum Gasteiger partial charge on any atom is -0.497 e. The van der Waals surface area contributed by atoms with Crippen LogP contribution in [0.5, 0.6) is 11.5 Å². The van der Waals surface area contributed by atoms with Gasteiger partial charge in [0.25, 0.3) is 0 Å². The molecule has 2 aromatic carbocycles. The molecule has 1 atom stereocenters. The number of hydrogen-bond acceptors (Lipinski definition) is 4. The second-order valence-electron chi connectivity index (χ2n) is 5.02. The lowest BCUT2D eigenvalue weighted by Gasteiger charge is -2.15. The summed E-state index contributed by atoms with van der Waals surface area (Å²) in [6, 6.07) is 10.3. The maximum atomic E-state index is 13.6. The molecule has 0 saturated heterocycles. The van der Waals surface area contributed by atoms with Gasteiger partial charge >= 0.3 is 6.61 Å². The number of methoxy groups -OCH3 is 1. The molecule has 0 aliphatic carbocycles. The Labute approximate surface area is 137 Å². The predicted octanol–water partition coefficient (Wildman–Crippen LogP) is 3.26. The fourth-order valence-corrected chi connectivity index (χ4v) is 2.23. The lowest BCUT2D eigenvalue weighted by Crippen LogP contribution is -2.22. The highest BCUT2D eigenvalue weighted by molar-refractivity contribution is 5.40. The van der Waals surface area contributed by atoms with Gasteiger partial charge in [0.15, 0.2) is 0 Å². The Hall–Kier alpha value is -2.25. The number of halogens is 3. The summed E-state index contributed by atoms with van der Waals surface area (Å²) in [5.74, 6) is -0.00310. The molecule has 0 saturated carbocycles. The van der Waals surface area contributed by atoms with Crippen molar-refractivity contribution in [1.82, 2.24) is 5.32 Å². The number of nitrogens with one attached hydrogen (secondary N) is 1. The first-order chi connectivity index (χ1) is 11.5. The summed E-state index contributed by atoms with van der Waals surface area (Å²) in [5.41, 5.74) is 0.607. The van der Waals surface area contributed by atoms with E-state index >= 15 is 0 Å². The molecule has 0 amide bonds. The maximum absolute atomic E-state index is 13.6. The Balaban J connectivity index is 2.01. The molecule has 0 bridgehead atoms. The van der Waals surface area contributed by atoms with Crippen molar-refractivity contribution in [3.05, 3.63) is 59.4 Å². The summed E-state index contributed by atoms with van der Waals surface area (Å²) in [6.07, 6.45) is -1.06. The minimum atomic E-state index is -2.94. The highest BCUT2D eigenvalue weighted by atomic mass is 19.3. The van der Waals surface area contributed by atoms with Crippen LogP contribution in [-0.4, -0.2) is 25.4 Å². The van der Waals surface area contributed by atoms with Crippen molar-refractivity contribution in [2.45, 2.75) is 19.3 Å². The van der Waals surface area contributed by atoms with Crippen molar-refractivity contribution in [2.75, 3.05) is 13.7 Å². The lowest BCUT2D eigenvalue weighted by atomic mass is 10.1. The zero-order valence-electron chi connectivity index (χ0n) is 13.0. The molecule has 1 unspecified atom stereocenters. The summed E-state index contributed by atoms with van der Waals surface area (Å²) < 4.78 is 48.0. The monoisotopic (exact) mass is 341 g/mol. The van der Waals surface area contributed by atoms with E-state index < -0.39 is 18.5 Å². The Kier molecular flexibility index (Phi) is 6.45. The smallest absolute Gasteiger partial charge is 0.387 e. The average molecular weight is 341 g/mol. The van der Waals surface area contributed by atoms with Crippen molar-refractivity contribution >= 4 is 0 Å². The lowest BCUT2D eigenvalue weighted by molar-refractivity contribution is -0.0505. The molecular weight excluding hydrogens is 323 g/mol. The highest BCUT2D eigenvalue weighted by Crippen LogP contribution is 2.26. The van der Waals surface area contributed by atoms with Gasteiger partial charge in [0.2, 0.25) is 0 Å². The average Bonchev–Trinajstić information content (AvgIpc) is 2.56. The van der Waals surface area contributed by atoms with Crippen LogP contribution in [0.2, 0.25) is 0 Å². The van der Waals surface area contributed by atoms with Gasteiger partial charge in [0.1, 0.15) is 17.3 Å². The van der Waals surface area contributed by atoms with Crippen molar-refractivity contribution in [1.29, 1.82) is 0 Å². The third kappa shape index (κ3) is 4.87. The van der Waals surface area contributed by atoms with E-state index in [2.05, 4.69) is 10.1 Å². The number of ether oxygens (including phenoxy) is 2. The number of rotatable bonds is 8. The summed E-state index contributed by atoms with van der Waals surface area (Å²) >= 11 is 0. The number of alkyl halides is 2. The van der Waals surface area contributed by atoms with E-state index in [1.807, 2.05) is 0 Å². The van der Waals surface area contributed by atoms with Gasteiger partial charge in [0.05, 0.1) is 13.2 Å². The third-order valence-corrected chi connectivity index (χ3v) is 3.40. The standard InChI is InChI=1S/C17H18F3NO3/c1-23-12-6-7-16(24-17(19)20)11(8-12)9-21-10-15(22)13-4-2-3-5-14(13)18/h2-8,15,17,21-22H,9-10H2,1H3. The van der Waals surface area contributed by atoms with E-state index in [4.69, 9.17) is 4.74 Å². The normalized spacial score (nSPS) is 12.2. The summed E-state index contributed by atoms with van der Waals surface area (Å²) in [7, 11) is 1.46. The van der Waals surface area contributed by atoms with Crippen LogP contribution >= 0.6 is 0 Å². The maximum Gasteiger partial charge on any atom is 0.387 e. The summed E-state index contributed by atoms with van der Waals surface area (Å²) in [5, 5.41) is 12.9. The van der Waals surface area contributed by atoms with E-state index in [9.17, 15) is 18.3 Å². The number of hydrogen-bond donors (Lipinski definition) is 2. The van der Waals surface area contributed by atoms with Crippen LogP contribution in [0.3, 0.4) is 0 Å². The molecule has 0 spiro atoms. The SMILES string of the molecule is COc1ccc(OC(F)F)c(CNCC(O)c2ccccc2F)c1.